The summed E-state index contributed by atoms with van der Waals surface area (Å²) in [5.41, 5.74) is 10.9. The lowest BCUT2D eigenvalue weighted by molar-refractivity contribution is -0.125. The fourth-order valence-electron chi connectivity index (χ4n) is 2.08. The standard InChI is InChI=1S/C14H22N4O3/c1-4-14(5-2,8-15)13(20)18-9-6-10(11(16)19)12(21-3)17-7-9/h6-7H,4-5,8,15H2,1-3H3,(H2,16,19)(H,18,20). The van der Waals surface area contributed by atoms with E-state index in [0.29, 0.717) is 18.5 Å². The molecule has 0 saturated heterocycles. The third-order valence-electron chi connectivity index (χ3n) is 3.79. The van der Waals surface area contributed by atoms with Gasteiger partial charge in [-0.3, -0.25) is 9.59 Å². The average molecular weight is 294 g/mol. The maximum Gasteiger partial charge on any atom is 0.254 e. The number of carbonyl (C=O) groups is 2. The zero-order chi connectivity index (χ0) is 16.0. The summed E-state index contributed by atoms with van der Waals surface area (Å²) >= 11 is 0. The maximum absolute atomic E-state index is 12.4. The second-order valence-corrected chi connectivity index (χ2v) is 4.79. The van der Waals surface area contributed by atoms with Crippen molar-refractivity contribution in [3.8, 4) is 5.88 Å². The summed E-state index contributed by atoms with van der Waals surface area (Å²) in [6, 6.07) is 1.44. The van der Waals surface area contributed by atoms with Crippen molar-refractivity contribution >= 4 is 17.5 Å². The van der Waals surface area contributed by atoms with Crippen molar-refractivity contribution in [2.45, 2.75) is 26.7 Å². The molecule has 0 aliphatic rings. The summed E-state index contributed by atoms with van der Waals surface area (Å²) in [4.78, 5) is 27.7. The highest BCUT2D eigenvalue weighted by atomic mass is 16.5. The fourth-order valence-corrected chi connectivity index (χ4v) is 2.08. The predicted octanol–water partition coefficient (Wildman–Crippen LogP) is 0.893. The Kier molecular flexibility index (Phi) is 5.66. The highest BCUT2D eigenvalue weighted by Gasteiger charge is 2.33. The molecular weight excluding hydrogens is 272 g/mol. The third-order valence-corrected chi connectivity index (χ3v) is 3.79. The van der Waals surface area contributed by atoms with E-state index in [9.17, 15) is 9.59 Å². The molecule has 0 unspecified atom stereocenters. The van der Waals surface area contributed by atoms with Gasteiger partial charge in [0.2, 0.25) is 11.8 Å². The van der Waals surface area contributed by atoms with Crippen LogP contribution in [0.4, 0.5) is 5.69 Å². The zero-order valence-electron chi connectivity index (χ0n) is 12.6. The third kappa shape index (κ3) is 3.49. The number of hydrogen-bond donors (Lipinski definition) is 3. The monoisotopic (exact) mass is 294 g/mol. The van der Waals surface area contributed by atoms with Gasteiger partial charge in [-0.25, -0.2) is 4.98 Å². The molecule has 7 nitrogen and oxygen atoms in total. The molecule has 0 aliphatic carbocycles. The Labute approximate surface area is 124 Å². The first-order valence-corrected chi connectivity index (χ1v) is 6.79. The minimum Gasteiger partial charge on any atom is -0.480 e. The number of nitrogens with two attached hydrogens (primary N) is 2. The number of aromatic nitrogens is 1. The number of amides is 2. The fraction of sp³-hybridized carbons (Fsp3) is 0.500. The second kappa shape index (κ2) is 7.03. The molecule has 116 valence electrons. The Bertz CT molecular complexity index is 519. The zero-order valence-corrected chi connectivity index (χ0v) is 12.6. The molecule has 1 heterocycles. The van der Waals surface area contributed by atoms with Gasteiger partial charge < -0.3 is 21.5 Å². The lowest BCUT2D eigenvalue weighted by Crippen LogP contribution is -2.41. The largest absolute Gasteiger partial charge is 0.480 e. The first kappa shape index (κ1) is 16.9. The van der Waals surface area contributed by atoms with E-state index in [1.165, 1.54) is 19.4 Å². The van der Waals surface area contributed by atoms with Crippen molar-refractivity contribution < 1.29 is 14.3 Å². The maximum atomic E-state index is 12.4. The number of primary amides is 1. The van der Waals surface area contributed by atoms with Crippen LogP contribution in [0.2, 0.25) is 0 Å². The van der Waals surface area contributed by atoms with Crippen molar-refractivity contribution in [3.63, 3.8) is 0 Å². The van der Waals surface area contributed by atoms with E-state index in [-0.39, 0.29) is 23.9 Å². The van der Waals surface area contributed by atoms with Crippen molar-refractivity contribution in [2.75, 3.05) is 19.0 Å². The van der Waals surface area contributed by atoms with Gasteiger partial charge in [0, 0.05) is 6.54 Å². The van der Waals surface area contributed by atoms with Crippen LogP contribution in [0, 0.1) is 5.41 Å². The molecule has 2 amide bonds. The van der Waals surface area contributed by atoms with Gasteiger partial charge in [-0.15, -0.1) is 0 Å². The van der Waals surface area contributed by atoms with Gasteiger partial charge in [-0.05, 0) is 18.9 Å². The van der Waals surface area contributed by atoms with Crippen molar-refractivity contribution in [1.82, 2.24) is 4.98 Å². The number of methoxy groups -OCH3 is 1. The van der Waals surface area contributed by atoms with Crippen LogP contribution in [0.3, 0.4) is 0 Å². The van der Waals surface area contributed by atoms with Crippen molar-refractivity contribution in [3.05, 3.63) is 17.8 Å². The molecule has 0 bridgehead atoms. The predicted molar refractivity (Wildman–Crippen MR) is 80.0 cm³/mol. The minimum atomic E-state index is -0.675. The van der Waals surface area contributed by atoms with E-state index in [1.807, 2.05) is 13.8 Å². The Morgan fingerprint density at radius 1 is 1.38 bits per heavy atom. The Hall–Kier alpha value is -2.15. The lowest BCUT2D eigenvalue weighted by atomic mass is 9.81. The molecular formula is C14H22N4O3. The van der Waals surface area contributed by atoms with E-state index in [4.69, 9.17) is 16.2 Å². The summed E-state index contributed by atoms with van der Waals surface area (Å²) in [5.74, 6) is -0.750. The number of carbonyl (C=O) groups excluding carboxylic acids is 2. The first-order valence-electron chi connectivity index (χ1n) is 6.79. The van der Waals surface area contributed by atoms with Gasteiger partial charge in [0.15, 0.2) is 0 Å². The molecule has 0 atom stereocenters. The number of rotatable bonds is 7. The number of pyridine rings is 1. The van der Waals surface area contributed by atoms with E-state index in [0.717, 1.165) is 0 Å². The number of ether oxygens (including phenoxy) is 1. The van der Waals surface area contributed by atoms with E-state index < -0.39 is 11.3 Å². The quantitative estimate of drug-likeness (QED) is 0.689. The van der Waals surface area contributed by atoms with Crippen LogP contribution in [-0.4, -0.2) is 30.5 Å². The number of nitrogens with zero attached hydrogens (tertiary/aromatic N) is 1. The summed E-state index contributed by atoms with van der Waals surface area (Å²) in [6.45, 7) is 4.08. The Morgan fingerprint density at radius 2 is 2.00 bits per heavy atom. The Balaban J connectivity index is 3.06. The highest BCUT2D eigenvalue weighted by Crippen LogP contribution is 2.27. The van der Waals surface area contributed by atoms with Crippen molar-refractivity contribution in [1.29, 1.82) is 0 Å². The molecule has 0 aliphatic heterocycles. The van der Waals surface area contributed by atoms with Gasteiger partial charge >= 0.3 is 0 Å². The average Bonchev–Trinajstić information content (AvgIpc) is 2.49. The smallest absolute Gasteiger partial charge is 0.254 e. The van der Waals surface area contributed by atoms with E-state index in [2.05, 4.69) is 10.3 Å². The van der Waals surface area contributed by atoms with Gasteiger partial charge in [0.25, 0.3) is 5.91 Å². The molecule has 0 saturated carbocycles. The minimum absolute atomic E-state index is 0.113. The van der Waals surface area contributed by atoms with E-state index >= 15 is 0 Å². The number of anilines is 1. The van der Waals surface area contributed by atoms with Crippen molar-refractivity contribution in [2.24, 2.45) is 16.9 Å². The second-order valence-electron chi connectivity index (χ2n) is 4.79. The van der Waals surface area contributed by atoms with Gasteiger partial charge in [-0.2, -0.15) is 0 Å². The summed E-state index contributed by atoms with van der Waals surface area (Å²) in [5, 5.41) is 2.74. The lowest BCUT2D eigenvalue weighted by Gasteiger charge is -2.28. The summed E-state index contributed by atoms with van der Waals surface area (Å²) in [6.07, 6.45) is 2.66. The molecule has 1 aromatic rings. The molecule has 7 heteroatoms. The van der Waals surface area contributed by atoms with Crippen LogP contribution in [0.15, 0.2) is 12.3 Å². The SMILES string of the molecule is CCC(CC)(CN)C(=O)Nc1cnc(OC)c(C(N)=O)c1. The van der Waals surface area contributed by atoms with Crippen LogP contribution in [0.25, 0.3) is 0 Å². The van der Waals surface area contributed by atoms with Crippen LogP contribution in [0.1, 0.15) is 37.0 Å². The Morgan fingerprint density at radius 3 is 2.43 bits per heavy atom. The molecule has 21 heavy (non-hydrogen) atoms. The molecule has 0 radical (unpaired) electrons. The van der Waals surface area contributed by atoms with Gasteiger partial charge in [0.1, 0.15) is 5.56 Å². The molecule has 1 aromatic heterocycles. The molecule has 0 aromatic carbocycles. The van der Waals surface area contributed by atoms with Gasteiger partial charge in [-0.1, -0.05) is 13.8 Å². The highest BCUT2D eigenvalue weighted by molar-refractivity contribution is 5.99. The number of hydrogen-bond acceptors (Lipinski definition) is 5. The topological polar surface area (TPSA) is 120 Å². The summed E-state index contributed by atoms with van der Waals surface area (Å²) < 4.78 is 4.95. The molecule has 1 rings (SSSR count). The molecule has 5 N–H and O–H groups in total. The van der Waals surface area contributed by atoms with Crippen LogP contribution >= 0.6 is 0 Å². The van der Waals surface area contributed by atoms with Crippen LogP contribution in [-0.2, 0) is 4.79 Å². The molecule has 0 fully saturated rings. The number of nitrogens with one attached hydrogen (secondary N) is 1. The van der Waals surface area contributed by atoms with Crippen LogP contribution < -0.4 is 21.5 Å². The first-order chi connectivity index (χ1) is 9.93. The molecule has 0 spiro atoms. The van der Waals surface area contributed by atoms with Crippen LogP contribution in [0.5, 0.6) is 5.88 Å². The van der Waals surface area contributed by atoms with Gasteiger partial charge in [0.05, 0.1) is 24.4 Å². The normalized spacial score (nSPS) is 11.0. The summed E-state index contributed by atoms with van der Waals surface area (Å²) in [7, 11) is 1.39. The van der Waals surface area contributed by atoms with E-state index in [1.54, 1.807) is 0 Å².